The van der Waals surface area contributed by atoms with Gasteiger partial charge in [0.1, 0.15) is 5.52 Å². The minimum absolute atomic E-state index is 0.138. The SMILES string of the molecule is CCNCC(O)Cn1ccn2nccc2c1=O. The zero-order chi connectivity index (χ0) is 12.3. The van der Waals surface area contributed by atoms with Gasteiger partial charge in [0.15, 0.2) is 0 Å². The first-order valence-corrected chi connectivity index (χ1v) is 5.64. The van der Waals surface area contributed by atoms with Crippen LogP contribution in [0.25, 0.3) is 5.52 Å². The van der Waals surface area contributed by atoms with Crippen LogP contribution in [0.3, 0.4) is 0 Å². The molecule has 17 heavy (non-hydrogen) atoms. The van der Waals surface area contributed by atoms with Gasteiger partial charge in [-0.1, -0.05) is 6.92 Å². The van der Waals surface area contributed by atoms with E-state index in [0.29, 0.717) is 12.1 Å². The fraction of sp³-hybridized carbons (Fsp3) is 0.455. The summed E-state index contributed by atoms with van der Waals surface area (Å²) in [6.45, 7) is 3.53. The molecule has 2 aromatic rings. The Morgan fingerprint density at radius 3 is 3.12 bits per heavy atom. The van der Waals surface area contributed by atoms with Gasteiger partial charge in [-0.2, -0.15) is 5.10 Å². The van der Waals surface area contributed by atoms with Crippen molar-refractivity contribution < 1.29 is 5.11 Å². The first-order chi connectivity index (χ1) is 8.22. The number of rotatable bonds is 5. The quantitative estimate of drug-likeness (QED) is 0.732. The second-order valence-electron chi connectivity index (χ2n) is 3.88. The van der Waals surface area contributed by atoms with Gasteiger partial charge in [0.05, 0.1) is 18.8 Å². The van der Waals surface area contributed by atoms with Gasteiger partial charge in [0.2, 0.25) is 0 Å². The van der Waals surface area contributed by atoms with Gasteiger partial charge >= 0.3 is 0 Å². The lowest BCUT2D eigenvalue weighted by Crippen LogP contribution is -2.34. The van der Waals surface area contributed by atoms with Crippen molar-refractivity contribution in [1.29, 1.82) is 0 Å². The van der Waals surface area contributed by atoms with E-state index in [1.54, 1.807) is 24.7 Å². The minimum Gasteiger partial charge on any atom is -0.390 e. The molecule has 6 nitrogen and oxygen atoms in total. The van der Waals surface area contributed by atoms with Gasteiger partial charge < -0.3 is 15.0 Å². The van der Waals surface area contributed by atoms with E-state index in [1.807, 2.05) is 6.92 Å². The summed E-state index contributed by atoms with van der Waals surface area (Å²) in [5, 5.41) is 16.8. The summed E-state index contributed by atoms with van der Waals surface area (Å²) in [5.74, 6) is 0. The Balaban J connectivity index is 2.18. The predicted molar refractivity (Wildman–Crippen MR) is 64.0 cm³/mol. The molecule has 0 fully saturated rings. The van der Waals surface area contributed by atoms with Crippen LogP contribution in [0.4, 0.5) is 0 Å². The molecule has 2 heterocycles. The maximum Gasteiger partial charge on any atom is 0.276 e. The van der Waals surface area contributed by atoms with Crippen LogP contribution in [0.15, 0.2) is 29.5 Å². The average molecular weight is 236 g/mol. The largest absolute Gasteiger partial charge is 0.390 e. The van der Waals surface area contributed by atoms with Crippen molar-refractivity contribution in [1.82, 2.24) is 19.5 Å². The number of hydrogen-bond donors (Lipinski definition) is 2. The van der Waals surface area contributed by atoms with Crippen LogP contribution in [-0.2, 0) is 6.54 Å². The summed E-state index contributed by atoms with van der Waals surface area (Å²) in [6.07, 6.45) is 4.35. The smallest absolute Gasteiger partial charge is 0.276 e. The van der Waals surface area contributed by atoms with Crippen molar-refractivity contribution in [3.05, 3.63) is 35.0 Å². The molecule has 2 rings (SSSR count). The third-order valence-electron chi connectivity index (χ3n) is 2.58. The molecule has 0 spiro atoms. The van der Waals surface area contributed by atoms with Crippen molar-refractivity contribution in [2.45, 2.75) is 19.6 Å². The molecule has 0 aliphatic heterocycles. The molecule has 2 N–H and O–H groups in total. The highest BCUT2D eigenvalue weighted by atomic mass is 16.3. The fourth-order valence-corrected chi connectivity index (χ4v) is 1.71. The second kappa shape index (κ2) is 5.11. The van der Waals surface area contributed by atoms with E-state index in [2.05, 4.69) is 10.4 Å². The lowest BCUT2D eigenvalue weighted by Gasteiger charge is -2.12. The maximum absolute atomic E-state index is 12.0. The summed E-state index contributed by atoms with van der Waals surface area (Å²) >= 11 is 0. The van der Waals surface area contributed by atoms with Crippen molar-refractivity contribution >= 4 is 5.52 Å². The molecule has 2 aromatic heterocycles. The van der Waals surface area contributed by atoms with Crippen LogP contribution < -0.4 is 10.9 Å². The number of hydrogen-bond acceptors (Lipinski definition) is 4. The number of aliphatic hydroxyl groups is 1. The highest BCUT2D eigenvalue weighted by Crippen LogP contribution is 1.95. The topological polar surface area (TPSA) is 71.6 Å². The molecule has 0 aliphatic carbocycles. The molecule has 1 atom stereocenters. The van der Waals surface area contributed by atoms with Gasteiger partial charge in [-0.15, -0.1) is 0 Å². The van der Waals surface area contributed by atoms with Crippen molar-refractivity contribution in [2.24, 2.45) is 0 Å². The van der Waals surface area contributed by atoms with Crippen LogP contribution in [0, 0.1) is 0 Å². The zero-order valence-electron chi connectivity index (χ0n) is 9.71. The highest BCUT2D eigenvalue weighted by Gasteiger charge is 2.08. The first-order valence-electron chi connectivity index (χ1n) is 5.64. The van der Waals surface area contributed by atoms with Gasteiger partial charge in [-0.05, 0) is 12.6 Å². The van der Waals surface area contributed by atoms with E-state index in [1.165, 1.54) is 9.08 Å². The van der Waals surface area contributed by atoms with Gasteiger partial charge in [-0.3, -0.25) is 4.79 Å². The van der Waals surface area contributed by atoms with E-state index >= 15 is 0 Å². The lowest BCUT2D eigenvalue weighted by molar-refractivity contribution is 0.151. The summed E-state index contributed by atoms with van der Waals surface area (Å²) in [5.41, 5.74) is 0.378. The van der Waals surface area contributed by atoms with E-state index in [4.69, 9.17) is 0 Å². The maximum atomic E-state index is 12.0. The fourth-order valence-electron chi connectivity index (χ4n) is 1.71. The monoisotopic (exact) mass is 236 g/mol. The summed E-state index contributed by atoms with van der Waals surface area (Å²) in [7, 11) is 0. The molecular formula is C11H16N4O2. The van der Waals surface area contributed by atoms with Crippen LogP contribution >= 0.6 is 0 Å². The van der Waals surface area contributed by atoms with Crippen LogP contribution in [-0.4, -0.2) is 38.5 Å². The first kappa shape index (κ1) is 11.8. The molecular weight excluding hydrogens is 220 g/mol. The molecule has 0 radical (unpaired) electrons. The number of likely N-dealkylation sites (N-methyl/N-ethyl adjacent to an activating group) is 1. The Bertz CT molecular complexity index is 546. The molecule has 92 valence electrons. The Kier molecular flexibility index (Phi) is 3.55. The van der Waals surface area contributed by atoms with Gasteiger partial charge in [0.25, 0.3) is 5.56 Å². The third-order valence-corrected chi connectivity index (χ3v) is 2.58. The van der Waals surface area contributed by atoms with Crippen molar-refractivity contribution in [3.8, 4) is 0 Å². The third kappa shape index (κ3) is 2.54. The van der Waals surface area contributed by atoms with Crippen molar-refractivity contribution in [2.75, 3.05) is 13.1 Å². The number of fused-ring (bicyclic) bond motifs is 1. The molecule has 0 bridgehead atoms. The molecule has 0 aromatic carbocycles. The van der Waals surface area contributed by atoms with E-state index < -0.39 is 6.10 Å². The molecule has 0 saturated carbocycles. The number of nitrogens with zero attached hydrogens (tertiary/aromatic N) is 3. The normalized spacial score (nSPS) is 13.1. The Morgan fingerprint density at radius 1 is 1.53 bits per heavy atom. The molecule has 6 heteroatoms. The second-order valence-corrected chi connectivity index (χ2v) is 3.88. The number of aliphatic hydroxyl groups excluding tert-OH is 1. The number of aromatic nitrogens is 3. The van der Waals surface area contributed by atoms with Crippen molar-refractivity contribution in [3.63, 3.8) is 0 Å². The molecule has 1 unspecified atom stereocenters. The van der Waals surface area contributed by atoms with E-state index in [0.717, 1.165) is 6.54 Å². The van der Waals surface area contributed by atoms with Crippen LogP contribution in [0.1, 0.15) is 6.92 Å². The van der Waals surface area contributed by atoms with E-state index in [-0.39, 0.29) is 12.1 Å². The molecule has 0 saturated heterocycles. The Hall–Kier alpha value is -1.66. The Labute approximate surface area is 98.5 Å². The summed E-state index contributed by atoms with van der Waals surface area (Å²) < 4.78 is 3.02. The average Bonchev–Trinajstić information content (AvgIpc) is 2.79. The van der Waals surface area contributed by atoms with Gasteiger partial charge in [-0.25, -0.2) is 4.52 Å². The molecule has 0 amide bonds. The lowest BCUT2D eigenvalue weighted by atomic mass is 10.3. The summed E-state index contributed by atoms with van der Waals surface area (Å²) in [6, 6.07) is 1.66. The Morgan fingerprint density at radius 2 is 2.35 bits per heavy atom. The van der Waals surface area contributed by atoms with Crippen LogP contribution in [0.5, 0.6) is 0 Å². The summed E-state index contributed by atoms with van der Waals surface area (Å²) in [4.78, 5) is 12.0. The number of nitrogens with one attached hydrogen (secondary N) is 1. The minimum atomic E-state index is -0.571. The van der Waals surface area contributed by atoms with Gasteiger partial charge in [0, 0.05) is 18.9 Å². The molecule has 0 aliphatic rings. The predicted octanol–water partition coefficient (Wildman–Crippen LogP) is -0.534. The van der Waals surface area contributed by atoms with Crippen LogP contribution in [0.2, 0.25) is 0 Å². The van der Waals surface area contributed by atoms with E-state index in [9.17, 15) is 9.90 Å². The highest BCUT2D eigenvalue weighted by molar-refractivity contribution is 5.42. The standard InChI is InChI=1S/C11H16N4O2/c1-2-12-7-9(16)8-14-5-6-15-10(11(14)17)3-4-13-15/h3-6,9,12,16H,2,7-8H2,1H3. The zero-order valence-corrected chi connectivity index (χ0v) is 9.71.